The number of nitrogens with zero attached hydrogens (tertiary/aromatic N) is 1. The van der Waals surface area contributed by atoms with Crippen LogP contribution in [0, 0.1) is 0 Å². The van der Waals surface area contributed by atoms with Crippen LogP contribution in [0.4, 0.5) is 0 Å². The predicted molar refractivity (Wildman–Crippen MR) is 92.7 cm³/mol. The molecule has 126 valence electrons. The average molecular weight is 326 g/mol. The first-order chi connectivity index (χ1) is 11.5. The number of carboxylic acid groups (broad SMARTS) is 1. The maximum Gasteiger partial charge on any atom is 0.335 e. The molecular formula is C19H22N2O3. The predicted octanol–water partition coefficient (Wildman–Crippen LogP) is 2.69. The summed E-state index contributed by atoms with van der Waals surface area (Å²) in [5, 5.41) is 12.3. The molecule has 0 radical (unpaired) electrons. The van der Waals surface area contributed by atoms with Crippen LogP contribution in [-0.4, -0.2) is 36.0 Å². The lowest BCUT2D eigenvalue weighted by atomic mass is 10.0. The monoisotopic (exact) mass is 326 g/mol. The second-order valence-corrected chi connectivity index (χ2v) is 5.84. The summed E-state index contributed by atoms with van der Waals surface area (Å²) in [6, 6.07) is 16.5. The lowest BCUT2D eigenvalue weighted by Gasteiger charge is -2.21. The van der Waals surface area contributed by atoms with Crippen molar-refractivity contribution < 1.29 is 14.7 Å². The van der Waals surface area contributed by atoms with E-state index in [0.717, 1.165) is 11.1 Å². The van der Waals surface area contributed by atoms with Gasteiger partial charge in [-0.05, 0) is 23.3 Å². The van der Waals surface area contributed by atoms with Gasteiger partial charge in [0.25, 0.3) is 0 Å². The van der Waals surface area contributed by atoms with Crippen molar-refractivity contribution in [3.05, 3.63) is 71.3 Å². The van der Waals surface area contributed by atoms with Gasteiger partial charge in [0.1, 0.15) is 0 Å². The van der Waals surface area contributed by atoms with Crippen LogP contribution in [0.5, 0.6) is 0 Å². The van der Waals surface area contributed by atoms with Crippen LogP contribution in [0.15, 0.2) is 54.6 Å². The molecular weight excluding hydrogens is 304 g/mol. The number of carbonyl (C=O) groups excluding carboxylic acids is 1. The first kappa shape index (κ1) is 17.7. The van der Waals surface area contributed by atoms with Crippen molar-refractivity contribution in [2.45, 2.75) is 19.0 Å². The Morgan fingerprint density at radius 2 is 1.67 bits per heavy atom. The van der Waals surface area contributed by atoms with Gasteiger partial charge in [-0.3, -0.25) is 4.79 Å². The summed E-state index contributed by atoms with van der Waals surface area (Å²) in [6.45, 7) is 0.556. The van der Waals surface area contributed by atoms with E-state index in [1.165, 1.54) is 0 Å². The Hall–Kier alpha value is -2.66. The van der Waals surface area contributed by atoms with Gasteiger partial charge in [0, 0.05) is 33.1 Å². The number of hydrogen-bond acceptors (Lipinski definition) is 3. The first-order valence-corrected chi connectivity index (χ1v) is 7.78. The molecule has 2 aromatic rings. The molecule has 2 aromatic carbocycles. The molecule has 1 unspecified atom stereocenters. The number of carbonyl (C=O) groups is 2. The molecule has 0 heterocycles. The molecule has 0 aromatic heterocycles. The van der Waals surface area contributed by atoms with E-state index in [1.54, 1.807) is 43.3 Å². The Balaban J connectivity index is 2.07. The summed E-state index contributed by atoms with van der Waals surface area (Å²) in [7, 11) is 3.49. The fourth-order valence-corrected chi connectivity index (χ4v) is 2.36. The fourth-order valence-electron chi connectivity index (χ4n) is 2.36. The molecule has 0 aliphatic carbocycles. The van der Waals surface area contributed by atoms with Crippen molar-refractivity contribution in [1.29, 1.82) is 0 Å². The number of nitrogens with one attached hydrogen (secondary N) is 1. The highest BCUT2D eigenvalue weighted by atomic mass is 16.4. The second kappa shape index (κ2) is 8.26. The number of rotatable bonds is 7. The minimum Gasteiger partial charge on any atom is -0.478 e. The summed E-state index contributed by atoms with van der Waals surface area (Å²) in [4.78, 5) is 24.6. The molecule has 2 N–H and O–H groups in total. The standard InChI is InChI=1S/C19H22N2O3/c1-21(2)18(22)12-17(15-6-4-3-5-7-15)20-13-14-8-10-16(11-9-14)19(23)24/h3-11,17,20H,12-13H2,1-2H3,(H,23,24). The van der Waals surface area contributed by atoms with E-state index < -0.39 is 5.97 Å². The molecule has 0 aliphatic rings. The number of aromatic carboxylic acids is 1. The van der Waals surface area contributed by atoms with Crippen LogP contribution < -0.4 is 5.32 Å². The van der Waals surface area contributed by atoms with Crippen LogP contribution in [0.2, 0.25) is 0 Å². The SMILES string of the molecule is CN(C)C(=O)CC(NCc1ccc(C(=O)O)cc1)c1ccccc1. The van der Waals surface area contributed by atoms with Crippen LogP contribution in [0.1, 0.15) is 33.9 Å². The molecule has 1 atom stereocenters. The molecule has 0 spiro atoms. The molecule has 0 aliphatic heterocycles. The van der Waals surface area contributed by atoms with Gasteiger partial charge in [-0.25, -0.2) is 4.79 Å². The lowest BCUT2D eigenvalue weighted by molar-refractivity contribution is -0.129. The van der Waals surface area contributed by atoms with E-state index in [1.807, 2.05) is 30.3 Å². The zero-order valence-corrected chi connectivity index (χ0v) is 13.9. The zero-order chi connectivity index (χ0) is 17.5. The maximum atomic E-state index is 12.1. The van der Waals surface area contributed by atoms with E-state index in [0.29, 0.717) is 13.0 Å². The summed E-state index contributed by atoms with van der Waals surface area (Å²) < 4.78 is 0. The molecule has 0 saturated heterocycles. The van der Waals surface area contributed by atoms with E-state index in [4.69, 9.17) is 5.11 Å². The molecule has 24 heavy (non-hydrogen) atoms. The third-order valence-corrected chi connectivity index (χ3v) is 3.83. The number of carboxylic acids is 1. The van der Waals surface area contributed by atoms with Gasteiger partial charge in [-0.2, -0.15) is 0 Å². The van der Waals surface area contributed by atoms with Crippen LogP contribution in [-0.2, 0) is 11.3 Å². The highest BCUT2D eigenvalue weighted by molar-refractivity contribution is 5.87. The first-order valence-electron chi connectivity index (χ1n) is 7.78. The Bertz CT molecular complexity index is 682. The normalized spacial score (nSPS) is 11.8. The molecule has 0 bridgehead atoms. The number of amides is 1. The minimum atomic E-state index is -0.937. The van der Waals surface area contributed by atoms with E-state index in [9.17, 15) is 9.59 Å². The van der Waals surface area contributed by atoms with Gasteiger partial charge in [-0.1, -0.05) is 42.5 Å². The minimum absolute atomic E-state index is 0.0533. The largest absolute Gasteiger partial charge is 0.478 e. The molecule has 2 rings (SSSR count). The van der Waals surface area contributed by atoms with Gasteiger partial charge < -0.3 is 15.3 Å². The van der Waals surface area contributed by atoms with E-state index in [-0.39, 0.29) is 17.5 Å². The molecule has 0 saturated carbocycles. The van der Waals surface area contributed by atoms with Crippen molar-refractivity contribution >= 4 is 11.9 Å². The van der Waals surface area contributed by atoms with Gasteiger partial charge in [0.15, 0.2) is 0 Å². The van der Waals surface area contributed by atoms with Crippen molar-refractivity contribution in [2.75, 3.05) is 14.1 Å². The molecule has 0 fully saturated rings. The van der Waals surface area contributed by atoms with Crippen LogP contribution in [0.25, 0.3) is 0 Å². The van der Waals surface area contributed by atoms with Crippen molar-refractivity contribution in [1.82, 2.24) is 10.2 Å². The van der Waals surface area contributed by atoms with Gasteiger partial charge in [0.05, 0.1) is 5.56 Å². The van der Waals surface area contributed by atoms with Crippen molar-refractivity contribution in [3.8, 4) is 0 Å². The lowest BCUT2D eigenvalue weighted by Crippen LogP contribution is -2.29. The van der Waals surface area contributed by atoms with E-state index in [2.05, 4.69) is 5.32 Å². The van der Waals surface area contributed by atoms with Crippen molar-refractivity contribution in [2.24, 2.45) is 0 Å². The number of benzene rings is 2. The Morgan fingerprint density at radius 3 is 2.21 bits per heavy atom. The summed E-state index contributed by atoms with van der Waals surface area (Å²) in [5.74, 6) is -0.883. The molecule has 5 nitrogen and oxygen atoms in total. The quantitative estimate of drug-likeness (QED) is 0.821. The van der Waals surface area contributed by atoms with E-state index >= 15 is 0 Å². The van der Waals surface area contributed by atoms with Crippen molar-refractivity contribution in [3.63, 3.8) is 0 Å². The molecule has 5 heteroatoms. The Kier molecular flexibility index (Phi) is 6.09. The topological polar surface area (TPSA) is 69.6 Å². The smallest absolute Gasteiger partial charge is 0.335 e. The summed E-state index contributed by atoms with van der Waals surface area (Å²) in [5.41, 5.74) is 2.29. The van der Waals surface area contributed by atoms with Gasteiger partial charge in [-0.15, -0.1) is 0 Å². The Labute approximate surface area is 141 Å². The molecule has 1 amide bonds. The summed E-state index contributed by atoms with van der Waals surface area (Å²) in [6.07, 6.45) is 0.365. The zero-order valence-electron chi connectivity index (χ0n) is 13.9. The maximum absolute atomic E-state index is 12.1. The summed E-state index contributed by atoms with van der Waals surface area (Å²) >= 11 is 0. The van der Waals surface area contributed by atoms with Crippen LogP contribution in [0.3, 0.4) is 0 Å². The average Bonchev–Trinajstić information content (AvgIpc) is 2.59. The third kappa shape index (κ3) is 4.93. The Morgan fingerprint density at radius 1 is 1.04 bits per heavy atom. The third-order valence-electron chi connectivity index (χ3n) is 3.83. The van der Waals surface area contributed by atoms with Gasteiger partial charge in [0.2, 0.25) is 5.91 Å². The van der Waals surface area contributed by atoms with Gasteiger partial charge >= 0.3 is 5.97 Å². The highest BCUT2D eigenvalue weighted by Gasteiger charge is 2.16. The number of hydrogen-bond donors (Lipinski definition) is 2. The van der Waals surface area contributed by atoms with Crippen LogP contribution >= 0.6 is 0 Å². The fraction of sp³-hybridized carbons (Fsp3) is 0.263. The second-order valence-electron chi connectivity index (χ2n) is 5.84. The highest BCUT2D eigenvalue weighted by Crippen LogP contribution is 2.18.